The molecule has 2 fully saturated rings. The molecule has 2 aliphatic rings. The SMILES string of the molecule is CC(=O)N[C@H]1[C@H](O[C@H]2[C@H](O[C@H](C)C(=O)N[C@@H](C)C(=O)N[C@H](CCC(=O)N[C@@H](CCCC(N)C(=O)O)C(=O)N[C@H](C)C(=O)O)C(=O)O)[C@@H](NC(C)=O)C(O)O[C@@H]2CO)O[C@H](CO)[C@@H](O)[C@@H]1O. The van der Waals surface area contributed by atoms with Gasteiger partial charge in [0.15, 0.2) is 12.6 Å². The van der Waals surface area contributed by atoms with E-state index in [0.29, 0.717) is 0 Å². The van der Waals surface area contributed by atoms with Crippen LogP contribution in [0.4, 0.5) is 0 Å². The van der Waals surface area contributed by atoms with Gasteiger partial charge in [-0.15, -0.1) is 0 Å². The number of hydrogen-bond donors (Lipinski definition) is 15. The second-order valence-electron chi connectivity index (χ2n) is 15.5. The lowest BCUT2D eigenvalue weighted by molar-refractivity contribution is -0.333. The first-order valence-corrected chi connectivity index (χ1v) is 20.4. The van der Waals surface area contributed by atoms with Crippen LogP contribution in [0, 0.1) is 0 Å². The van der Waals surface area contributed by atoms with Gasteiger partial charge in [-0.25, -0.2) is 4.79 Å². The molecule has 65 heavy (non-hydrogen) atoms. The topological polar surface area (TPSA) is 451 Å². The molecule has 370 valence electrons. The van der Waals surface area contributed by atoms with Gasteiger partial charge in [0, 0.05) is 20.3 Å². The fourth-order valence-electron chi connectivity index (χ4n) is 6.62. The van der Waals surface area contributed by atoms with Gasteiger partial charge >= 0.3 is 17.9 Å². The molecule has 0 aromatic heterocycles. The van der Waals surface area contributed by atoms with Gasteiger partial charge in [-0.3, -0.25) is 38.4 Å². The number of aliphatic hydroxyl groups excluding tert-OH is 5. The molecule has 2 saturated heterocycles. The van der Waals surface area contributed by atoms with Crippen molar-refractivity contribution in [1.29, 1.82) is 0 Å². The lowest BCUT2D eigenvalue weighted by Crippen LogP contribution is -2.70. The highest BCUT2D eigenvalue weighted by molar-refractivity contribution is 5.92. The summed E-state index contributed by atoms with van der Waals surface area (Å²) in [6, 6.07) is -10.3. The summed E-state index contributed by atoms with van der Waals surface area (Å²) in [5.41, 5.74) is 5.49. The van der Waals surface area contributed by atoms with Gasteiger partial charge < -0.3 is 97.4 Å². The smallest absolute Gasteiger partial charge is 0.326 e. The van der Waals surface area contributed by atoms with Crippen LogP contribution >= 0.6 is 0 Å². The highest BCUT2D eigenvalue weighted by atomic mass is 16.7. The van der Waals surface area contributed by atoms with Crippen LogP contribution in [0.5, 0.6) is 0 Å². The van der Waals surface area contributed by atoms with Crippen LogP contribution in [0.2, 0.25) is 0 Å². The van der Waals surface area contributed by atoms with Crippen LogP contribution in [0.25, 0.3) is 0 Å². The maximum absolute atomic E-state index is 13.4. The second-order valence-corrected chi connectivity index (χ2v) is 15.5. The summed E-state index contributed by atoms with van der Waals surface area (Å²) in [4.78, 5) is 111. The standard InChI is InChI=1S/C37H61N7O21/c1-13(30(52)44-20(35(59)60)9-10-23(49)43-19(8-6-7-18(38)34(57)58)32(54)40-14(2)33(55)56)39-31(53)15(3)62-29-25(42-17(5)48)36(61)63-22(12-46)28(29)65-37-24(41-16(4)47)27(51)26(50)21(11-45)64-37/h13-15,18-22,24-29,36-37,45-46,50-51,61H,6-12,38H2,1-5H3,(H,39,53)(H,40,54)(H,41,47)(H,42,48)(H,43,49)(H,44,52)(H,55,56)(H,57,58)(H,59,60)/t13-,14+,15+,18?,19-,20+,21+,22+,24+,25+,26+,27+,28+,29+,36?,37-/m0/s1. The quantitative estimate of drug-likeness (QED) is 0.0404. The minimum absolute atomic E-state index is 0.0111. The van der Waals surface area contributed by atoms with Gasteiger partial charge in [-0.05, 0) is 46.5 Å². The van der Waals surface area contributed by atoms with Crippen molar-refractivity contribution in [3.8, 4) is 0 Å². The van der Waals surface area contributed by atoms with Crippen LogP contribution in [0.3, 0.4) is 0 Å². The molecule has 2 aliphatic heterocycles. The summed E-state index contributed by atoms with van der Waals surface area (Å²) in [7, 11) is 0. The zero-order chi connectivity index (χ0) is 49.5. The molecule has 28 heteroatoms. The molecule has 16 N–H and O–H groups in total. The van der Waals surface area contributed by atoms with E-state index in [2.05, 4.69) is 31.9 Å². The lowest BCUT2D eigenvalue weighted by atomic mass is 9.94. The molecule has 6 amide bonds. The van der Waals surface area contributed by atoms with Crippen molar-refractivity contribution < 1.29 is 103 Å². The Kier molecular flexibility index (Phi) is 22.5. The monoisotopic (exact) mass is 939 g/mol. The first kappa shape index (κ1) is 56.0. The summed E-state index contributed by atoms with van der Waals surface area (Å²) < 4.78 is 23.1. The van der Waals surface area contributed by atoms with Crippen molar-refractivity contribution in [3.63, 3.8) is 0 Å². The van der Waals surface area contributed by atoms with Gasteiger partial charge in [0.25, 0.3) is 0 Å². The van der Waals surface area contributed by atoms with Crippen molar-refractivity contribution in [2.45, 2.75) is 164 Å². The van der Waals surface area contributed by atoms with Gasteiger partial charge in [0.05, 0.1) is 13.2 Å². The zero-order valence-electron chi connectivity index (χ0n) is 36.1. The maximum Gasteiger partial charge on any atom is 0.326 e. The highest BCUT2D eigenvalue weighted by Gasteiger charge is 2.53. The van der Waals surface area contributed by atoms with Crippen LogP contribution in [-0.4, -0.2) is 205 Å². The number of amides is 6. The lowest BCUT2D eigenvalue weighted by Gasteiger charge is -2.48. The van der Waals surface area contributed by atoms with Gasteiger partial charge in [-0.1, -0.05) is 0 Å². The van der Waals surface area contributed by atoms with Gasteiger partial charge in [-0.2, -0.15) is 0 Å². The Morgan fingerprint density at radius 2 is 1.22 bits per heavy atom. The molecule has 0 radical (unpaired) electrons. The van der Waals surface area contributed by atoms with E-state index in [4.69, 9.17) is 34.9 Å². The van der Waals surface area contributed by atoms with E-state index in [0.717, 1.165) is 27.7 Å². The molecule has 2 unspecified atom stereocenters. The van der Waals surface area contributed by atoms with E-state index < -0.39 is 177 Å². The predicted molar refractivity (Wildman–Crippen MR) is 213 cm³/mol. The molecule has 0 aromatic carbocycles. The summed E-state index contributed by atoms with van der Waals surface area (Å²) in [5, 5.41) is 93.8. The Hall–Kier alpha value is -5.17. The van der Waals surface area contributed by atoms with Crippen molar-refractivity contribution in [2.24, 2.45) is 5.73 Å². The van der Waals surface area contributed by atoms with E-state index in [-0.39, 0.29) is 19.3 Å². The molecule has 0 aromatic rings. The third-order valence-electron chi connectivity index (χ3n) is 10.2. The summed E-state index contributed by atoms with van der Waals surface area (Å²) >= 11 is 0. The molecule has 0 bridgehead atoms. The van der Waals surface area contributed by atoms with E-state index in [9.17, 15) is 73.8 Å². The molecule has 2 heterocycles. The van der Waals surface area contributed by atoms with Crippen LogP contribution < -0.4 is 37.6 Å². The number of aliphatic carboxylic acids is 3. The Balaban J connectivity index is 2.21. The Morgan fingerprint density at radius 3 is 1.75 bits per heavy atom. The normalized spacial score (nSPS) is 28.1. The van der Waals surface area contributed by atoms with Crippen LogP contribution in [-0.2, 0) is 62.1 Å². The van der Waals surface area contributed by atoms with Crippen LogP contribution in [0.1, 0.15) is 66.7 Å². The van der Waals surface area contributed by atoms with Crippen molar-refractivity contribution >= 4 is 53.4 Å². The summed E-state index contributed by atoms with van der Waals surface area (Å²) in [6.07, 6.45) is -16.4. The minimum Gasteiger partial charge on any atom is -0.480 e. The van der Waals surface area contributed by atoms with Gasteiger partial charge in [0.2, 0.25) is 35.4 Å². The molecular weight excluding hydrogens is 878 g/mol. The number of ether oxygens (including phenoxy) is 4. The van der Waals surface area contributed by atoms with E-state index >= 15 is 0 Å². The maximum atomic E-state index is 13.4. The first-order valence-electron chi connectivity index (χ1n) is 20.4. The van der Waals surface area contributed by atoms with Gasteiger partial charge in [0.1, 0.15) is 85.0 Å². The number of carboxylic acids is 3. The molecule has 2 rings (SSSR count). The summed E-state index contributed by atoms with van der Waals surface area (Å²) in [6.45, 7) is 3.91. The number of carbonyl (C=O) groups is 9. The number of hydrogen-bond acceptors (Lipinski definition) is 19. The minimum atomic E-state index is -1.90. The number of aliphatic hydroxyl groups is 5. The van der Waals surface area contributed by atoms with Crippen molar-refractivity contribution in [1.82, 2.24) is 31.9 Å². The molecule has 0 spiro atoms. The zero-order valence-corrected chi connectivity index (χ0v) is 36.1. The molecular formula is C37H61N7O21. The van der Waals surface area contributed by atoms with E-state index in [1.807, 2.05) is 0 Å². The fraction of sp³-hybridized carbons (Fsp3) is 0.757. The number of carbonyl (C=O) groups excluding carboxylic acids is 6. The Morgan fingerprint density at radius 1 is 0.631 bits per heavy atom. The highest BCUT2D eigenvalue weighted by Crippen LogP contribution is 2.31. The van der Waals surface area contributed by atoms with Crippen molar-refractivity contribution in [3.05, 3.63) is 0 Å². The Bertz CT molecular complexity index is 1690. The van der Waals surface area contributed by atoms with Crippen LogP contribution in [0.15, 0.2) is 0 Å². The predicted octanol–water partition coefficient (Wildman–Crippen LogP) is -7.19. The number of rotatable bonds is 25. The Labute approximate surface area is 371 Å². The number of nitrogens with two attached hydrogens (primary N) is 1. The molecule has 28 nitrogen and oxygen atoms in total. The second kappa shape index (κ2) is 26.1. The third-order valence-corrected chi connectivity index (χ3v) is 10.2. The number of carboxylic acid groups (broad SMARTS) is 3. The largest absolute Gasteiger partial charge is 0.480 e. The average molecular weight is 940 g/mol. The molecule has 16 atom stereocenters. The number of nitrogens with one attached hydrogen (secondary N) is 6. The average Bonchev–Trinajstić information content (AvgIpc) is 3.22. The molecule has 0 saturated carbocycles. The third kappa shape index (κ3) is 17.0. The van der Waals surface area contributed by atoms with E-state index in [1.165, 1.54) is 6.92 Å². The summed E-state index contributed by atoms with van der Waals surface area (Å²) in [5.74, 6) is -9.67. The first-order chi connectivity index (χ1) is 30.3. The van der Waals surface area contributed by atoms with Crippen molar-refractivity contribution in [2.75, 3.05) is 13.2 Å². The fourth-order valence-corrected chi connectivity index (χ4v) is 6.62. The van der Waals surface area contributed by atoms with E-state index in [1.54, 1.807) is 0 Å². The molecule has 0 aliphatic carbocycles.